The van der Waals surface area contributed by atoms with Crippen LogP contribution in [0.1, 0.15) is 226 Å². The summed E-state index contributed by atoms with van der Waals surface area (Å²) in [7, 11) is 0. The number of unbranched alkanes of at least 4 members (excludes halogenated alkanes) is 21. The van der Waals surface area contributed by atoms with E-state index in [1.165, 1.54) is 83.5 Å². The first-order valence-electron chi connectivity index (χ1n) is 23.8. The van der Waals surface area contributed by atoms with Crippen molar-refractivity contribution < 1.29 is 28.6 Å². The SMILES string of the molecule is CC/C=C\C/C=C\C/C=C\CCCCC(=O)OCC(COC(=O)CCCCC/C=C\CCCCCCCCC)OC(=O)CCCCC/C=C\CCCCCCCC. The number of allylic oxidation sites excluding steroid dienone is 10. The smallest absolute Gasteiger partial charge is 0.306 e. The average Bonchev–Trinajstić information content (AvgIpc) is 3.21. The Labute approximate surface area is 351 Å². The molecule has 1 unspecified atom stereocenters. The van der Waals surface area contributed by atoms with E-state index in [2.05, 4.69) is 81.5 Å². The maximum Gasteiger partial charge on any atom is 0.306 e. The van der Waals surface area contributed by atoms with Crippen molar-refractivity contribution >= 4 is 17.9 Å². The lowest BCUT2D eigenvalue weighted by Crippen LogP contribution is -2.30. The predicted molar refractivity (Wildman–Crippen MR) is 242 cm³/mol. The molecule has 0 aromatic rings. The number of hydrogen-bond donors (Lipinski definition) is 0. The van der Waals surface area contributed by atoms with E-state index in [9.17, 15) is 14.4 Å². The van der Waals surface area contributed by atoms with Gasteiger partial charge in [-0.05, 0) is 103 Å². The summed E-state index contributed by atoms with van der Waals surface area (Å²) in [5.41, 5.74) is 0. The molecule has 0 amide bonds. The Hall–Kier alpha value is -2.89. The standard InChI is InChI=1S/C51H88O6/c1-4-7-10-13-16-19-22-25-27-29-32-35-38-41-44-50(53)56-47-48(46-55-49(52)43-40-37-34-31-28-24-21-18-15-12-9-6-3)57-51(54)45-42-39-36-33-30-26-23-20-17-14-11-8-5-2/h9,12,18,21,26-31,48H,4-8,10-11,13-17,19-20,22-25,32-47H2,1-3H3/b12-9-,21-18-,29-27-,30-26-,31-28-. The van der Waals surface area contributed by atoms with Gasteiger partial charge in [0.1, 0.15) is 13.2 Å². The average molecular weight is 797 g/mol. The van der Waals surface area contributed by atoms with Gasteiger partial charge < -0.3 is 14.2 Å². The molecule has 0 heterocycles. The van der Waals surface area contributed by atoms with E-state index in [0.29, 0.717) is 19.3 Å². The van der Waals surface area contributed by atoms with Gasteiger partial charge >= 0.3 is 17.9 Å². The summed E-state index contributed by atoms with van der Waals surface area (Å²) < 4.78 is 16.7. The van der Waals surface area contributed by atoms with Gasteiger partial charge in [0.2, 0.25) is 0 Å². The van der Waals surface area contributed by atoms with Crippen LogP contribution in [0.25, 0.3) is 0 Å². The topological polar surface area (TPSA) is 78.9 Å². The minimum absolute atomic E-state index is 0.100. The number of carbonyl (C=O) groups is 3. The first-order chi connectivity index (χ1) is 28.0. The Balaban J connectivity index is 4.47. The third-order valence-electron chi connectivity index (χ3n) is 9.98. The number of carbonyl (C=O) groups excluding carboxylic acids is 3. The Morgan fingerprint density at radius 3 is 1.12 bits per heavy atom. The van der Waals surface area contributed by atoms with E-state index in [4.69, 9.17) is 14.2 Å². The fourth-order valence-electron chi connectivity index (χ4n) is 6.38. The molecule has 0 saturated carbocycles. The molecular formula is C51H88O6. The maximum absolute atomic E-state index is 12.7. The molecule has 0 aromatic heterocycles. The summed E-state index contributed by atoms with van der Waals surface area (Å²) in [5, 5.41) is 0. The Morgan fingerprint density at radius 1 is 0.368 bits per heavy atom. The second-order valence-corrected chi connectivity index (χ2v) is 15.6. The number of rotatable bonds is 42. The van der Waals surface area contributed by atoms with Crippen molar-refractivity contribution in [3.63, 3.8) is 0 Å². The van der Waals surface area contributed by atoms with Crippen LogP contribution in [-0.2, 0) is 28.6 Å². The molecule has 6 nitrogen and oxygen atoms in total. The molecule has 0 N–H and O–H groups in total. The molecule has 328 valence electrons. The van der Waals surface area contributed by atoms with Crippen molar-refractivity contribution in [2.24, 2.45) is 0 Å². The fourth-order valence-corrected chi connectivity index (χ4v) is 6.38. The highest BCUT2D eigenvalue weighted by Gasteiger charge is 2.19. The third-order valence-corrected chi connectivity index (χ3v) is 9.98. The molecule has 0 aromatic carbocycles. The molecule has 0 aliphatic rings. The first kappa shape index (κ1) is 54.1. The van der Waals surface area contributed by atoms with Gasteiger partial charge in [0, 0.05) is 19.3 Å². The second-order valence-electron chi connectivity index (χ2n) is 15.6. The number of ether oxygens (including phenoxy) is 3. The highest BCUT2D eigenvalue weighted by Crippen LogP contribution is 2.13. The van der Waals surface area contributed by atoms with Gasteiger partial charge in [-0.1, -0.05) is 165 Å². The summed E-state index contributed by atoms with van der Waals surface area (Å²) in [4.78, 5) is 37.8. The van der Waals surface area contributed by atoms with E-state index >= 15 is 0 Å². The zero-order valence-corrected chi connectivity index (χ0v) is 37.3. The van der Waals surface area contributed by atoms with Crippen molar-refractivity contribution in [2.75, 3.05) is 13.2 Å². The largest absolute Gasteiger partial charge is 0.462 e. The zero-order chi connectivity index (χ0) is 41.5. The van der Waals surface area contributed by atoms with Gasteiger partial charge in [-0.25, -0.2) is 0 Å². The minimum Gasteiger partial charge on any atom is -0.462 e. The van der Waals surface area contributed by atoms with Gasteiger partial charge in [0.05, 0.1) is 0 Å². The van der Waals surface area contributed by atoms with Gasteiger partial charge in [0.25, 0.3) is 0 Å². The molecule has 1 atom stereocenters. The molecule has 0 rings (SSSR count). The molecule has 0 saturated heterocycles. The number of hydrogen-bond acceptors (Lipinski definition) is 6. The lowest BCUT2D eigenvalue weighted by molar-refractivity contribution is -0.167. The number of esters is 3. The molecule has 0 fully saturated rings. The van der Waals surface area contributed by atoms with Gasteiger partial charge in [-0.15, -0.1) is 0 Å². The van der Waals surface area contributed by atoms with E-state index < -0.39 is 6.10 Å². The van der Waals surface area contributed by atoms with Crippen molar-refractivity contribution in [2.45, 2.75) is 232 Å². The lowest BCUT2D eigenvalue weighted by atomic mass is 10.1. The first-order valence-corrected chi connectivity index (χ1v) is 23.8. The molecule has 6 heteroatoms. The third kappa shape index (κ3) is 44.1. The van der Waals surface area contributed by atoms with Crippen LogP contribution in [-0.4, -0.2) is 37.2 Å². The molecule has 0 spiro atoms. The van der Waals surface area contributed by atoms with Crippen LogP contribution < -0.4 is 0 Å². The van der Waals surface area contributed by atoms with Crippen LogP contribution in [0.5, 0.6) is 0 Å². The quantitative estimate of drug-likeness (QED) is 0.0265. The van der Waals surface area contributed by atoms with E-state index in [1.54, 1.807) is 0 Å². The van der Waals surface area contributed by atoms with Crippen LogP contribution in [0.2, 0.25) is 0 Å². The van der Waals surface area contributed by atoms with Crippen molar-refractivity contribution in [3.8, 4) is 0 Å². The van der Waals surface area contributed by atoms with Crippen LogP contribution in [0.15, 0.2) is 60.8 Å². The Morgan fingerprint density at radius 2 is 0.684 bits per heavy atom. The molecule has 0 bridgehead atoms. The second kappa shape index (κ2) is 45.8. The normalized spacial score (nSPS) is 12.5. The summed E-state index contributed by atoms with van der Waals surface area (Å²) in [5.74, 6) is -0.974. The lowest BCUT2D eigenvalue weighted by Gasteiger charge is -2.18. The summed E-state index contributed by atoms with van der Waals surface area (Å²) >= 11 is 0. The van der Waals surface area contributed by atoms with Crippen LogP contribution in [0.4, 0.5) is 0 Å². The zero-order valence-electron chi connectivity index (χ0n) is 37.3. The maximum atomic E-state index is 12.7. The van der Waals surface area contributed by atoms with E-state index in [1.807, 2.05) is 0 Å². The monoisotopic (exact) mass is 797 g/mol. The molecule has 0 aliphatic heterocycles. The highest BCUT2D eigenvalue weighted by molar-refractivity contribution is 5.71. The minimum atomic E-state index is -0.801. The fraction of sp³-hybridized carbons (Fsp3) is 0.745. The Kier molecular flexibility index (Phi) is 43.5. The van der Waals surface area contributed by atoms with Gasteiger partial charge in [-0.3, -0.25) is 14.4 Å². The van der Waals surface area contributed by atoms with Crippen molar-refractivity contribution in [3.05, 3.63) is 60.8 Å². The van der Waals surface area contributed by atoms with Crippen LogP contribution >= 0.6 is 0 Å². The summed E-state index contributed by atoms with van der Waals surface area (Å²) in [6.07, 6.45) is 54.9. The van der Waals surface area contributed by atoms with Gasteiger partial charge in [0.15, 0.2) is 6.10 Å². The summed E-state index contributed by atoms with van der Waals surface area (Å²) in [6.45, 7) is 6.44. The van der Waals surface area contributed by atoms with Crippen molar-refractivity contribution in [1.82, 2.24) is 0 Å². The van der Waals surface area contributed by atoms with Crippen LogP contribution in [0, 0.1) is 0 Å². The molecule has 0 aliphatic carbocycles. The highest BCUT2D eigenvalue weighted by atomic mass is 16.6. The molecular weight excluding hydrogens is 709 g/mol. The summed E-state index contributed by atoms with van der Waals surface area (Å²) in [6, 6.07) is 0. The molecule has 0 radical (unpaired) electrons. The van der Waals surface area contributed by atoms with Crippen molar-refractivity contribution in [1.29, 1.82) is 0 Å². The molecule has 57 heavy (non-hydrogen) atoms. The Bertz CT molecular complexity index is 1050. The van der Waals surface area contributed by atoms with Crippen LogP contribution in [0.3, 0.4) is 0 Å². The van der Waals surface area contributed by atoms with Gasteiger partial charge in [-0.2, -0.15) is 0 Å². The van der Waals surface area contributed by atoms with E-state index in [-0.39, 0.29) is 31.1 Å². The predicted octanol–water partition coefficient (Wildman–Crippen LogP) is 15.3. The van der Waals surface area contributed by atoms with E-state index in [0.717, 1.165) is 103 Å².